The molecule has 0 aromatic carbocycles. The Hall–Kier alpha value is -0.900. The molecule has 25 heavy (non-hydrogen) atoms. The third-order valence-corrected chi connectivity index (χ3v) is 4.92. The fraction of sp³-hybridized carbons (Fsp3) is 0.706. The maximum absolute atomic E-state index is 11.6. The third-order valence-electron chi connectivity index (χ3n) is 3.90. The highest BCUT2D eigenvalue weighted by Crippen LogP contribution is 2.10. The van der Waals surface area contributed by atoms with Gasteiger partial charge in [0.15, 0.2) is 5.96 Å². The Balaban J connectivity index is 0.00000312. The average molecular weight is 479 g/mol. The predicted octanol–water partition coefficient (Wildman–Crippen LogP) is 2.57. The fourth-order valence-electron chi connectivity index (χ4n) is 2.70. The van der Waals surface area contributed by atoms with Crippen LogP contribution in [0, 0.1) is 6.92 Å². The van der Waals surface area contributed by atoms with Crippen molar-refractivity contribution in [3.63, 3.8) is 0 Å². The van der Waals surface area contributed by atoms with Crippen molar-refractivity contribution in [3.05, 3.63) is 16.1 Å². The van der Waals surface area contributed by atoms with Crippen molar-refractivity contribution < 1.29 is 4.79 Å². The minimum absolute atomic E-state index is 0. The molecule has 0 radical (unpaired) electrons. The van der Waals surface area contributed by atoms with E-state index in [0.717, 1.165) is 70.1 Å². The number of hydrogen-bond donors (Lipinski definition) is 2. The fourth-order valence-corrected chi connectivity index (χ4v) is 3.52. The molecule has 0 bridgehead atoms. The van der Waals surface area contributed by atoms with E-state index in [9.17, 15) is 4.79 Å². The van der Waals surface area contributed by atoms with Crippen LogP contribution in [0.4, 0.5) is 0 Å². The Kier molecular flexibility index (Phi) is 11.0. The summed E-state index contributed by atoms with van der Waals surface area (Å²) in [5.74, 6) is 1.15. The SMILES string of the molecule is CCNC(=NCCCN1CCCC1=O)NCCCc1nc(C)cs1.I. The first-order chi connectivity index (χ1) is 11.7. The molecule has 1 aliphatic rings. The second-order valence-electron chi connectivity index (χ2n) is 6.01. The number of likely N-dealkylation sites (tertiary alicyclic amines) is 1. The standard InChI is InChI=1S/C17H29N5OS.HI/c1-3-18-17(19-9-4-7-15-21-14(2)13-24-15)20-10-6-12-22-11-5-8-16(22)23;/h13H,3-12H2,1-2H3,(H2,18,19,20);1H. The number of aliphatic imine (C=N–C) groups is 1. The van der Waals surface area contributed by atoms with Crippen molar-refractivity contribution in [1.29, 1.82) is 0 Å². The summed E-state index contributed by atoms with van der Waals surface area (Å²) in [5, 5.41) is 9.94. The van der Waals surface area contributed by atoms with Crippen LogP contribution in [0.1, 0.15) is 43.3 Å². The van der Waals surface area contributed by atoms with Crippen LogP contribution in [0.5, 0.6) is 0 Å². The minimum Gasteiger partial charge on any atom is -0.357 e. The van der Waals surface area contributed by atoms with Gasteiger partial charge < -0.3 is 15.5 Å². The van der Waals surface area contributed by atoms with E-state index >= 15 is 0 Å². The van der Waals surface area contributed by atoms with Crippen molar-refractivity contribution in [3.8, 4) is 0 Å². The topological polar surface area (TPSA) is 69.6 Å². The molecule has 0 unspecified atom stereocenters. The molecule has 2 heterocycles. The summed E-state index contributed by atoms with van der Waals surface area (Å²) in [7, 11) is 0. The number of nitrogens with zero attached hydrogens (tertiary/aromatic N) is 3. The van der Waals surface area contributed by atoms with E-state index in [1.54, 1.807) is 11.3 Å². The Bertz CT molecular complexity index is 549. The molecule has 1 saturated heterocycles. The van der Waals surface area contributed by atoms with E-state index in [0.29, 0.717) is 12.3 Å². The van der Waals surface area contributed by atoms with Gasteiger partial charge in [-0.2, -0.15) is 0 Å². The van der Waals surface area contributed by atoms with Crippen LogP contribution < -0.4 is 10.6 Å². The molecule has 1 fully saturated rings. The zero-order valence-corrected chi connectivity index (χ0v) is 18.4. The number of thiazole rings is 1. The summed E-state index contributed by atoms with van der Waals surface area (Å²) in [6.07, 6.45) is 4.68. The van der Waals surface area contributed by atoms with Crippen molar-refractivity contribution in [1.82, 2.24) is 20.5 Å². The summed E-state index contributed by atoms with van der Waals surface area (Å²) >= 11 is 1.73. The van der Waals surface area contributed by atoms with E-state index in [1.807, 2.05) is 11.8 Å². The van der Waals surface area contributed by atoms with Gasteiger partial charge in [0.25, 0.3) is 0 Å². The largest absolute Gasteiger partial charge is 0.357 e. The molecule has 1 aromatic heterocycles. The van der Waals surface area contributed by atoms with E-state index in [2.05, 4.69) is 32.9 Å². The molecule has 1 aromatic rings. The molecule has 0 saturated carbocycles. The molecule has 0 spiro atoms. The number of carbonyl (C=O) groups excluding carboxylic acids is 1. The Morgan fingerprint density at radius 3 is 2.88 bits per heavy atom. The number of amides is 1. The molecule has 0 atom stereocenters. The molecule has 1 aliphatic heterocycles. The smallest absolute Gasteiger partial charge is 0.222 e. The molecule has 0 aliphatic carbocycles. The molecule has 142 valence electrons. The quantitative estimate of drug-likeness (QED) is 0.247. The molecule has 2 N–H and O–H groups in total. The van der Waals surface area contributed by atoms with Crippen LogP contribution in [-0.4, -0.2) is 54.5 Å². The number of aromatic nitrogens is 1. The molecule has 1 amide bonds. The summed E-state index contributed by atoms with van der Waals surface area (Å²) in [5.41, 5.74) is 1.11. The van der Waals surface area contributed by atoms with Crippen molar-refractivity contribution in [2.75, 3.05) is 32.7 Å². The van der Waals surface area contributed by atoms with Crippen LogP contribution in [0.3, 0.4) is 0 Å². The van der Waals surface area contributed by atoms with Gasteiger partial charge in [-0.15, -0.1) is 35.3 Å². The number of guanidine groups is 1. The van der Waals surface area contributed by atoms with Gasteiger partial charge in [-0.25, -0.2) is 4.98 Å². The van der Waals surface area contributed by atoms with E-state index in [-0.39, 0.29) is 24.0 Å². The summed E-state index contributed by atoms with van der Waals surface area (Å²) in [6, 6.07) is 0. The first-order valence-electron chi connectivity index (χ1n) is 8.90. The van der Waals surface area contributed by atoms with Crippen LogP contribution >= 0.6 is 35.3 Å². The van der Waals surface area contributed by atoms with Crippen LogP contribution in [0.15, 0.2) is 10.4 Å². The van der Waals surface area contributed by atoms with Crippen molar-refractivity contribution in [2.45, 2.75) is 46.0 Å². The highest BCUT2D eigenvalue weighted by atomic mass is 127. The average Bonchev–Trinajstić information content (AvgIpc) is 3.16. The maximum atomic E-state index is 11.6. The Morgan fingerprint density at radius 2 is 2.24 bits per heavy atom. The maximum Gasteiger partial charge on any atom is 0.222 e. The van der Waals surface area contributed by atoms with Crippen LogP contribution in [0.25, 0.3) is 0 Å². The first-order valence-corrected chi connectivity index (χ1v) is 9.78. The second-order valence-corrected chi connectivity index (χ2v) is 6.95. The van der Waals surface area contributed by atoms with Gasteiger partial charge in [-0.05, 0) is 33.1 Å². The van der Waals surface area contributed by atoms with E-state index < -0.39 is 0 Å². The van der Waals surface area contributed by atoms with Gasteiger partial charge in [0.2, 0.25) is 5.91 Å². The third kappa shape index (κ3) is 8.35. The van der Waals surface area contributed by atoms with Gasteiger partial charge in [-0.3, -0.25) is 9.79 Å². The van der Waals surface area contributed by atoms with E-state index in [4.69, 9.17) is 0 Å². The van der Waals surface area contributed by atoms with Gasteiger partial charge in [0.1, 0.15) is 0 Å². The van der Waals surface area contributed by atoms with Gasteiger partial charge in [-0.1, -0.05) is 0 Å². The zero-order chi connectivity index (χ0) is 17.2. The molecule has 6 nitrogen and oxygen atoms in total. The summed E-state index contributed by atoms with van der Waals surface area (Å²) in [6.45, 7) is 8.31. The number of aryl methyl sites for hydroxylation is 2. The lowest BCUT2D eigenvalue weighted by molar-refractivity contribution is -0.127. The van der Waals surface area contributed by atoms with Crippen LogP contribution in [-0.2, 0) is 11.2 Å². The molecular weight excluding hydrogens is 449 g/mol. The van der Waals surface area contributed by atoms with Gasteiger partial charge in [0, 0.05) is 56.6 Å². The normalized spacial score (nSPS) is 14.6. The number of carbonyl (C=O) groups is 1. The second kappa shape index (κ2) is 12.5. The van der Waals surface area contributed by atoms with Gasteiger partial charge >= 0.3 is 0 Å². The Morgan fingerprint density at radius 1 is 1.40 bits per heavy atom. The summed E-state index contributed by atoms with van der Waals surface area (Å²) < 4.78 is 0. The molecule has 2 rings (SSSR count). The lowest BCUT2D eigenvalue weighted by Crippen LogP contribution is -2.38. The van der Waals surface area contributed by atoms with E-state index in [1.165, 1.54) is 5.01 Å². The van der Waals surface area contributed by atoms with Crippen molar-refractivity contribution >= 4 is 47.2 Å². The van der Waals surface area contributed by atoms with Crippen LogP contribution in [0.2, 0.25) is 0 Å². The first kappa shape index (κ1) is 22.1. The minimum atomic E-state index is 0. The lowest BCUT2D eigenvalue weighted by Gasteiger charge is -2.15. The number of nitrogens with one attached hydrogen (secondary N) is 2. The number of halogens is 1. The van der Waals surface area contributed by atoms with Gasteiger partial charge in [0.05, 0.1) is 5.01 Å². The Labute approximate surface area is 171 Å². The number of hydrogen-bond acceptors (Lipinski definition) is 4. The molecular formula is C17H30IN5OS. The zero-order valence-electron chi connectivity index (χ0n) is 15.2. The molecule has 8 heteroatoms. The lowest BCUT2D eigenvalue weighted by atomic mass is 10.3. The summed E-state index contributed by atoms with van der Waals surface area (Å²) in [4.78, 5) is 22.6. The monoisotopic (exact) mass is 479 g/mol. The number of rotatable bonds is 9. The highest BCUT2D eigenvalue weighted by molar-refractivity contribution is 14.0. The van der Waals surface area contributed by atoms with Crippen molar-refractivity contribution in [2.24, 2.45) is 4.99 Å². The predicted molar refractivity (Wildman–Crippen MR) is 115 cm³/mol. The highest BCUT2D eigenvalue weighted by Gasteiger charge is 2.18.